The number of nitrogens with zero attached hydrogens (tertiary/aromatic N) is 3. The first-order valence-corrected chi connectivity index (χ1v) is 15.9. The van der Waals surface area contributed by atoms with Crippen LogP contribution < -0.4 is 5.32 Å². The summed E-state index contributed by atoms with van der Waals surface area (Å²) >= 11 is 0. The highest BCUT2D eigenvalue weighted by Gasteiger charge is 2.37. The van der Waals surface area contributed by atoms with Crippen molar-refractivity contribution in [3.05, 3.63) is 95.3 Å². The molecule has 1 aliphatic heterocycles. The first-order chi connectivity index (χ1) is 22.3. The number of carbonyl (C=O) groups excluding carboxylic acids is 2. The van der Waals surface area contributed by atoms with Crippen LogP contribution in [0.2, 0.25) is 0 Å². The van der Waals surface area contributed by atoms with E-state index in [1.165, 1.54) is 12.7 Å². The third kappa shape index (κ3) is 6.76. The minimum Gasteiger partial charge on any atom is -0.453 e. The summed E-state index contributed by atoms with van der Waals surface area (Å²) in [6, 6.07) is 15.4. The maximum atomic E-state index is 13.4. The van der Waals surface area contributed by atoms with E-state index in [9.17, 15) is 9.59 Å². The van der Waals surface area contributed by atoms with Crippen LogP contribution in [0, 0.1) is 17.8 Å². The lowest BCUT2D eigenvalue weighted by molar-refractivity contribution is -0.135. The van der Waals surface area contributed by atoms with Crippen molar-refractivity contribution < 1.29 is 14.3 Å². The lowest BCUT2D eigenvalue weighted by Crippen LogP contribution is -2.51. The Kier molecular flexibility index (Phi) is 9.06. The molecule has 46 heavy (non-hydrogen) atoms. The zero-order valence-corrected chi connectivity index (χ0v) is 26.8. The van der Waals surface area contributed by atoms with Crippen LogP contribution in [0.4, 0.5) is 4.79 Å². The molecule has 236 valence electrons. The van der Waals surface area contributed by atoms with Crippen molar-refractivity contribution in [2.75, 3.05) is 13.7 Å². The molecule has 1 fully saturated rings. The maximum absolute atomic E-state index is 13.4. The van der Waals surface area contributed by atoms with Crippen LogP contribution in [0.15, 0.2) is 72.6 Å². The molecule has 3 atom stereocenters. The number of benzene rings is 2. The molecule has 4 aromatic rings. The molecule has 2 amide bonds. The molecule has 0 bridgehead atoms. The van der Waals surface area contributed by atoms with Crippen molar-refractivity contribution in [2.24, 2.45) is 5.92 Å². The standard InChI is InChI=1S/C37H40N6O3/c1-23(2)33(42-37(45)46-4)36(44)43-19-5-6-32(43)35-39-22-31(41-35)28-17-12-26(13-18-28)9-8-25-10-15-27(16-11-25)30-21-38-34(40-30)29-14-7-24(3)20-29/h10-13,15-18,20-23,29,32-33H,5-7,14,19H2,1-4H3,(H,38,40)(H,39,41)(H,42,45)/t29-,32-,33-/m0/s1. The molecule has 0 saturated carbocycles. The molecule has 9 heteroatoms. The molecule has 3 N–H and O–H groups in total. The Bertz CT molecular complexity index is 1790. The van der Waals surface area contributed by atoms with Crippen molar-refractivity contribution in [2.45, 2.75) is 64.5 Å². The highest BCUT2D eigenvalue weighted by Crippen LogP contribution is 2.33. The number of hydrogen-bond donors (Lipinski definition) is 3. The van der Waals surface area contributed by atoms with Gasteiger partial charge in [-0.1, -0.05) is 61.6 Å². The average molecular weight is 617 g/mol. The fourth-order valence-corrected chi connectivity index (χ4v) is 6.24. The van der Waals surface area contributed by atoms with Gasteiger partial charge in [-0.05, 0) is 73.9 Å². The van der Waals surface area contributed by atoms with Gasteiger partial charge in [0.15, 0.2) is 0 Å². The van der Waals surface area contributed by atoms with Crippen LogP contribution in [-0.4, -0.2) is 56.5 Å². The van der Waals surface area contributed by atoms with E-state index in [1.54, 1.807) is 6.20 Å². The first kappa shape index (κ1) is 30.9. The summed E-state index contributed by atoms with van der Waals surface area (Å²) in [5.41, 5.74) is 7.26. The van der Waals surface area contributed by atoms with Gasteiger partial charge in [0.1, 0.15) is 17.7 Å². The second kappa shape index (κ2) is 13.5. The number of nitrogens with one attached hydrogen (secondary N) is 3. The van der Waals surface area contributed by atoms with Gasteiger partial charge in [0, 0.05) is 23.6 Å². The summed E-state index contributed by atoms with van der Waals surface area (Å²) in [7, 11) is 1.30. The van der Waals surface area contributed by atoms with E-state index in [0.717, 1.165) is 71.0 Å². The fraction of sp³-hybridized carbons (Fsp3) is 0.351. The zero-order chi connectivity index (χ0) is 32.2. The van der Waals surface area contributed by atoms with Crippen molar-refractivity contribution in [3.63, 3.8) is 0 Å². The Morgan fingerprint density at radius 3 is 2.04 bits per heavy atom. The van der Waals surface area contributed by atoms with Crippen LogP contribution in [0.3, 0.4) is 0 Å². The largest absolute Gasteiger partial charge is 0.453 e. The number of allylic oxidation sites excluding steroid dienone is 2. The summed E-state index contributed by atoms with van der Waals surface area (Å²) in [6.07, 6.45) is 9.35. The predicted molar refractivity (Wildman–Crippen MR) is 178 cm³/mol. The maximum Gasteiger partial charge on any atom is 0.407 e. The molecule has 0 spiro atoms. The number of hydrogen-bond acceptors (Lipinski definition) is 5. The summed E-state index contributed by atoms with van der Waals surface area (Å²) in [5.74, 6) is 8.48. The number of amides is 2. The zero-order valence-electron chi connectivity index (χ0n) is 26.8. The van der Waals surface area contributed by atoms with Gasteiger partial charge >= 0.3 is 6.09 Å². The Hall–Kier alpha value is -5.10. The highest BCUT2D eigenvalue weighted by atomic mass is 16.5. The number of aromatic amines is 2. The Labute approximate surface area is 269 Å². The molecule has 0 unspecified atom stereocenters. The molecule has 1 aliphatic carbocycles. The van der Waals surface area contributed by atoms with Crippen molar-refractivity contribution in [3.8, 4) is 34.4 Å². The minimum atomic E-state index is -0.665. The topological polar surface area (TPSA) is 116 Å². The van der Waals surface area contributed by atoms with Gasteiger partial charge in [0.25, 0.3) is 0 Å². The van der Waals surface area contributed by atoms with Crippen LogP contribution in [0.5, 0.6) is 0 Å². The third-order valence-electron chi connectivity index (χ3n) is 8.86. The number of H-pyrrole nitrogens is 2. The first-order valence-electron chi connectivity index (χ1n) is 15.9. The molecule has 0 radical (unpaired) electrons. The van der Waals surface area contributed by atoms with Crippen molar-refractivity contribution >= 4 is 12.0 Å². The molecular formula is C37H40N6O3. The summed E-state index contributed by atoms with van der Waals surface area (Å²) in [5, 5.41) is 2.69. The summed E-state index contributed by atoms with van der Waals surface area (Å²) < 4.78 is 4.74. The number of aromatic nitrogens is 4. The molecule has 2 aromatic heterocycles. The fourth-order valence-electron chi connectivity index (χ4n) is 6.24. The number of methoxy groups -OCH3 is 1. The molecular weight excluding hydrogens is 576 g/mol. The predicted octanol–water partition coefficient (Wildman–Crippen LogP) is 6.73. The minimum absolute atomic E-state index is 0.0833. The number of likely N-dealkylation sites (tertiary alicyclic amines) is 1. The number of imidazole rings is 2. The van der Waals surface area contributed by atoms with Gasteiger partial charge < -0.3 is 24.9 Å². The van der Waals surface area contributed by atoms with E-state index in [1.807, 2.05) is 61.3 Å². The van der Waals surface area contributed by atoms with Gasteiger partial charge in [0.2, 0.25) is 5.91 Å². The Morgan fingerprint density at radius 1 is 0.913 bits per heavy atom. The number of alkyl carbamates (subject to hydrolysis) is 1. The van der Waals surface area contributed by atoms with E-state index in [-0.39, 0.29) is 17.9 Å². The monoisotopic (exact) mass is 616 g/mol. The van der Waals surface area contributed by atoms with E-state index in [0.29, 0.717) is 12.5 Å². The van der Waals surface area contributed by atoms with Gasteiger partial charge in [-0.15, -0.1) is 0 Å². The Balaban J connectivity index is 1.09. The Morgan fingerprint density at radius 2 is 1.50 bits per heavy atom. The van der Waals surface area contributed by atoms with Gasteiger partial charge in [-0.2, -0.15) is 0 Å². The smallest absolute Gasteiger partial charge is 0.407 e. The van der Waals surface area contributed by atoms with Crippen LogP contribution in [0.25, 0.3) is 22.5 Å². The number of ether oxygens (including phenoxy) is 1. The molecule has 2 aromatic carbocycles. The highest BCUT2D eigenvalue weighted by molar-refractivity contribution is 5.86. The SMILES string of the molecule is COC(=O)N[C@H](C(=O)N1CCC[C@H]1c1ncc(-c2ccc(C#Cc3ccc(-c4cnc([C@@H]5C=C(C)CC5)[nH]4)cc3)cc2)[nH]1)C(C)C. The quantitative estimate of drug-likeness (QED) is 0.157. The second-order valence-electron chi connectivity index (χ2n) is 12.5. The number of rotatable bonds is 7. The summed E-state index contributed by atoms with van der Waals surface area (Å²) in [4.78, 5) is 43.3. The van der Waals surface area contributed by atoms with Crippen LogP contribution >= 0.6 is 0 Å². The molecule has 6 rings (SSSR count). The van der Waals surface area contributed by atoms with Crippen molar-refractivity contribution in [1.29, 1.82) is 0 Å². The molecule has 3 heterocycles. The lowest BCUT2D eigenvalue weighted by Gasteiger charge is -2.30. The van der Waals surface area contributed by atoms with Gasteiger partial charge in [-0.3, -0.25) is 4.79 Å². The van der Waals surface area contributed by atoms with E-state index >= 15 is 0 Å². The van der Waals surface area contributed by atoms with Crippen molar-refractivity contribution in [1.82, 2.24) is 30.2 Å². The van der Waals surface area contributed by atoms with Crippen LogP contribution in [0.1, 0.15) is 81.2 Å². The summed E-state index contributed by atoms with van der Waals surface area (Å²) in [6.45, 7) is 6.61. The average Bonchev–Trinajstić information content (AvgIpc) is 3.89. The van der Waals surface area contributed by atoms with E-state index < -0.39 is 12.1 Å². The molecule has 1 saturated heterocycles. The van der Waals surface area contributed by atoms with Gasteiger partial charge in [0.05, 0.1) is 36.9 Å². The normalized spacial score (nSPS) is 18.2. The lowest BCUT2D eigenvalue weighted by atomic mass is 10.0. The number of carbonyl (C=O) groups is 2. The third-order valence-corrected chi connectivity index (χ3v) is 8.86. The molecule has 2 aliphatic rings. The second-order valence-corrected chi connectivity index (χ2v) is 12.5. The van der Waals surface area contributed by atoms with Gasteiger partial charge in [-0.25, -0.2) is 14.8 Å². The van der Waals surface area contributed by atoms with E-state index in [4.69, 9.17) is 4.74 Å². The molecule has 9 nitrogen and oxygen atoms in total. The van der Waals surface area contributed by atoms with E-state index in [2.05, 4.69) is 62.2 Å². The van der Waals surface area contributed by atoms with Crippen LogP contribution in [-0.2, 0) is 9.53 Å².